The van der Waals surface area contributed by atoms with Crippen molar-refractivity contribution < 1.29 is 4.74 Å². The summed E-state index contributed by atoms with van der Waals surface area (Å²) in [6.07, 6.45) is 2.49. The van der Waals surface area contributed by atoms with Gasteiger partial charge in [0.2, 0.25) is 0 Å². The van der Waals surface area contributed by atoms with Crippen LogP contribution in [0.2, 0.25) is 0 Å². The number of hydrogen-bond acceptors (Lipinski definition) is 3. The lowest BCUT2D eigenvalue weighted by molar-refractivity contribution is 0.00625. The Hall–Kier alpha value is -0.900. The molecule has 0 aliphatic carbocycles. The smallest absolute Gasteiger partial charge is 0.0594 e. The summed E-state index contributed by atoms with van der Waals surface area (Å²) in [6, 6.07) is 12.1. The van der Waals surface area contributed by atoms with E-state index in [1.165, 1.54) is 18.4 Å². The Morgan fingerprint density at radius 3 is 2.67 bits per heavy atom. The fourth-order valence-corrected chi connectivity index (χ4v) is 3.11. The van der Waals surface area contributed by atoms with E-state index in [1.54, 1.807) is 0 Å². The number of benzene rings is 1. The zero-order valence-electron chi connectivity index (χ0n) is 10.8. The quantitative estimate of drug-likeness (QED) is 0.861. The lowest BCUT2D eigenvalue weighted by Crippen LogP contribution is -2.48. The van der Waals surface area contributed by atoms with Crippen molar-refractivity contribution in [1.82, 2.24) is 10.2 Å². The number of rotatable bonds is 2. The van der Waals surface area contributed by atoms with Crippen LogP contribution in [0.4, 0.5) is 0 Å². The van der Waals surface area contributed by atoms with E-state index in [4.69, 9.17) is 4.74 Å². The van der Waals surface area contributed by atoms with Gasteiger partial charge < -0.3 is 10.1 Å². The molecule has 2 heterocycles. The van der Waals surface area contributed by atoms with Crippen molar-refractivity contribution in [2.24, 2.45) is 0 Å². The van der Waals surface area contributed by atoms with Gasteiger partial charge in [0.05, 0.1) is 13.2 Å². The molecule has 0 amide bonds. The molecule has 2 unspecified atom stereocenters. The highest BCUT2D eigenvalue weighted by atomic mass is 16.5. The van der Waals surface area contributed by atoms with Gasteiger partial charge in [0, 0.05) is 25.2 Å². The average Bonchev–Trinajstić information content (AvgIpc) is 2.49. The molecule has 1 N–H and O–H groups in total. The highest BCUT2D eigenvalue weighted by molar-refractivity contribution is 5.19. The highest BCUT2D eigenvalue weighted by Gasteiger charge is 2.27. The molecule has 2 aliphatic heterocycles. The van der Waals surface area contributed by atoms with Crippen LogP contribution in [0.15, 0.2) is 30.3 Å². The maximum absolute atomic E-state index is 5.44. The molecular formula is C15H22N2O. The monoisotopic (exact) mass is 246 g/mol. The zero-order chi connectivity index (χ0) is 12.2. The van der Waals surface area contributed by atoms with E-state index >= 15 is 0 Å². The lowest BCUT2D eigenvalue weighted by atomic mass is 9.92. The standard InChI is InChI=1S/C15H22N2O/c1-2-4-13(5-3-1)15-12-14(6-7-16-15)17-8-10-18-11-9-17/h1-5,14-16H,6-12H2. The first-order chi connectivity index (χ1) is 8.93. The first kappa shape index (κ1) is 12.2. The molecule has 98 valence electrons. The second-order valence-corrected chi connectivity index (χ2v) is 5.24. The van der Waals surface area contributed by atoms with Gasteiger partial charge in [-0.25, -0.2) is 0 Å². The van der Waals surface area contributed by atoms with Crippen molar-refractivity contribution >= 4 is 0 Å². The predicted molar refractivity (Wildman–Crippen MR) is 72.6 cm³/mol. The zero-order valence-corrected chi connectivity index (χ0v) is 10.8. The number of hydrogen-bond donors (Lipinski definition) is 1. The Morgan fingerprint density at radius 1 is 1.11 bits per heavy atom. The summed E-state index contributed by atoms with van der Waals surface area (Å²) in [6.45, 7) is 5.14. The SMILES string of the molecule is c1ccc(C2CC(N3CCOCC3)CCN2)cc1. The Labute approximate surface area is 109 Å². The molecule has 0 radical (unpaired) electrons. The maximum Gasteiger partial charge on any atom is 0.0594 e. The molecule has 2 aliphatic rings. The Kier molecular flexibility index (Phi) is 3.93. The third kappa shape index (κ3) is 2.74. The van der Waals surface area contributed by atoms with Gasteiger partial charge in [-0.2, -0.15) is 0 Å². The molecule has 1 aromatic carbocycles. The Bertz CT molecular complexity index is 362. The van der Waals surface area contributed by atoms with E-state index in [9.17, 15) is 0 Å². The van der Waals surface area contributed by atoms with E-state index < -0.39 is 0 Å². The van der Waals surface area contributed by atoms with Gasteiger partial charge in [-0.15, -0.1) is 0 Å². The number of piperidine rings is 1. The second-order valence-electron chi connectivity index (χ2n) is 5.24. The number of nitrogens with one attached hydrogen (secondary N) is 1. The normalized spacial score (nSPS) is 30.2. The van der Waals surface area contributed by atoms with Crippen LogP contribution in [-0.2, 0) is 4.74 Å². The topological polar surface area (TPSA) is 24.5 Å². The summed E-state index contributed by atoms with van der Waals surface area (Å²) in [5, 5.41) is 3.65. The van der Waals surface area contributed by atoms with Crippen molar-refractivity contribution in [1.29, 1.82) is 0 Å². The van der Waals surface area contributed by atoms with Crippen molar-refractivity contribution in [3.8, 4) is 0 Å². The van der Waals surface area contributed by atoms with Crippen LogP contribution in [0.3, 0.4) is 0 Å². The van der Waals surface area contributed by atoms with E-state index in [-0.39, 0.29) is 0 Å². The molecule has 0 spiro atoms. The molecule has 0 bridgehead atoms. The van der Waals surface area contributed by atoms with Gasteiger partial charge in [0.15, 0.2) is 0 Å². The summed E-state index contributed by atoms with van der Waals surface area (Å²) < 4.78 is 5.44. The molecule has 2 fully saturated rings. The van der Waals surface area contributed by atoms with E-state index in [0.717, 1.165) is 38.9 Å². The van der Waals surface area contributed by atoms with E-state index in [1.807, 2.05) is 0 Å². The van der Waals surface area contributed by atoms with Crippen LogP contribution in [0.25, 0.3) is 0 Å². The summed E-state index contributed by atoms with van der Waals surface area (Å²) in [5.41, 5.74) is 1.43. The fourth-order valence-electron chi connectivity index (χ4n) is 3.11. The van der Waals surface area contributed by atoms with Crippen molar-refractivity contribution in [2.45, 2.75) is 24.9 Å². The Balaban J connectivity index is 1.64. The van der Waals surface area contributed by atoms with E-state index in [2.05, 4.69) is 40.5 Å². The van der Waals surface area contributed by atoms with Crippen molar-refractivity contribution in [2.75, 3.05) is 32.8 Å². The summed E-state index contributed by atoms with van der Waals surface area (Å²) in [4.78, 5) is 2.61. The summed E-state index contributed by atoms with van der Waals surface area (Å²) in [7, 11) is 0. The van der Waals surface area contributed by atoms with Gasteiger partial charge in [0.1, 0.15) is 0 Å². The predicted octanol–water partition coefficient (Wildman–Crippen LogP) is 1.81. The molecule has 0 saturated carbocycles. The second kappa shape index (κ2) is 5.83. The minimum atomic E-state index is 0.521. The molecular weight excluding hydrogens is 224 g/mol. The van der Waals surface area contributed by atoms with Crippen LogP contribution in [0.1, 0.15) is 24.4 Å². The maximum atomic E-state index is 5.44. The third-order valence-electron chi connectivity index (χ3n) is 4.14. The molecule has 2 atom stereocenters. The molecule has 18 heavy (non-hydrogen) atoms. The fraction of sp³-hybridized carbons (Fsp3) is 0.600. The molecule has 0 aromatic heterocycles. The molecule has 3 heteroatoms. The van der Waals surface area contributed by atoms with Crippen LogP contribution in [-0.4, -0.2) is 43.8 Å². The summed E-state index contributed by atoms with van der Waals surface area (Å²) >= 11 is 0. The highest BCUT2D eigenvalue weighted by Crippen LogP contribution is 2.26. The van der Waals surface area contributed by atoms with Gasteiger partial charge in [-0.3, -0.25) is 4.90 Å². The van der Waals surface area contributed by atoms with Gasteiger partial charge in [-0.1, -0.05) is 30.3 Å². The van der Waals surface area contributed by atoms with Crippen LogP contribution < -0.4 is 5.32 Å². The number of morpholine rings is 1. The lowest BCUT2D eigenvalue weighted by Gasteiger charge is -2.40. The Morgan fingerprint density at radius 2 is 1.89 bits per heavy atom. The largest absolute Gasteiger partial charge is 0.379 e. The minimum absolute atomic E-state index is 0.521. The number of nitrogens with zero attached hydrogens (tertiary/aromatic N) is 1. The molecule has 3 rings (SSSR count). The average molecular weight is 246 g/mol. The van der Waals surface area contributed by atoms with E-state index in [0.29, 0.717) is 6.04 Å². The first-order valence-electron chi connectivity index (χ1n) is 7.03. The van der Waals surface area contributed by atoms with Gasteiger partial charge in [0.25, 0.3) is 0 Å². The summed E-state index contributed by atoms with van der Waals surface area (Å²) in [5.74, 6) is 0. The van der Waals surface area contributed by atoms with Gasteiger partial charge in [-0.05, 0) is 24.9 Å². The first-order valence-corrected chi connectivity index (χ1v) is 7.03. The van der Waals surface area contributed by atoms with Crippen molar-refractivity contribution in [3.05, 3.63) is 35.9 Å². The van der Waals surface area contributed by atoms with Crippen LogP contribution >= 0.6 is 0 Å². The molecule has 2 saturated heterocycles. The number of ether oxygens (including phenoxy) is 1. The minimum Gasteiger partial charge on any atom is -0.379 e. The van der Waals surface area contributed by atoms with Crippen LogP contribution in [0, 0.1) is 0 Å². The van der Waals surface area contributed by atoms with Crippen LogP contribution in [0.5, 0.6) is 0 Å². The third-order valence-corrected chi connectivity index (χ3v) is 4.14. The molecule has 1 aromatic rings. The van der Waals surface area contributed by atoms with Gasteiger partial charge >= 0.3 is 0 Å². The van der Waals surface area contributed by atoms with Crippen molar-refractivity contribution in [3.63, 3.8) is 0 Å². The molecule has 3 nitrogen and oxygen atoms in total.